The molecule has 0 amide bonds. The van der Waals surface area contributed by atoms with Crippen molar-refractivity contribution in [1.29, 1.82) is 0 Å². The zero-order valence-corrected chi connectivity index (χ0v) is 7.26. The molecule has 0 aliphatic rings. The average molecular weight is 219 g/mol. The van der Waals surface area contributed by atoms with Gasteiger partial charge in [-0.1, -0.05) is 0 Å². The summed E-state index contributed by atoms with van der Waals surface area (Å²) in [7, 11) is 0. The zero-order chi connectivity index (χ0) is 6.53. The SMILES string of the molecule is [C].[Ru][CH2]Cc1ccccn1. The second kappa shape index (κ2) is 5.55. The van der Waals surface area contributed by atoms with Crippen LogP contribution in [0.4, 0.5) is 0 Å². The number of aromatic nitrogens is 1. The summed E-state index contributed by atoms with van der Waals surface area (Å²) >= 11 is 2.60. The molecule has 1 aromatic rings. The zero-order valence-electron chi connectivity index (χ0n) is 5.52. The van der Waals surface area contributed by atoms with Crippen LogP contribution in [-0.4, -0.2) is 4.98 Å². The van der Waals surface area contributed by atoms with Crippen LogP contribution in [0.1, 0.15) is 5.69 Å². The van der Waals surface area contributed by atoms with Crippen molar-refractivity contribution >= 4 is 0 Å². The first-order valence-electron chi connectivity index (χ1n) is 2.87. The molecular formula is C8H8NRu. The summed E-state index contributed by atoms with van der Waals surface area (Å²) in [5.74, 6) is 0. The van der Waals surface area contributed by atoms with Gasteiger partial charge < -0.3 is 0 Å². The quantitative estimate of drug-likeness (QED) is 0.689. The van der Waals surface area contributed by atoms with Crippen LogP contribution in [0.25, 0.3) is 0 Å². The summed E-state index contributed by atoms with van der Waals surface area (Å²) in [6, 6.07) is 6.00. The summed E-state index contributed by atoms with van der Waals surface area (Å²) in [4.78, 5) is 4.16. The first-order chi connectivity index (χ1) is 4.43. The van der Waals surface area contributed by atoms with Crippen LogP contribution in [0.2, 0.25) is 5.02 Å². The minimum absolute atomic E-state index is 0. The molecule has 2 heteroatoms. The second-order valence-electron chi connectivity index (χ2n) is 1.75. The molecule has 0 fully saturated rings. The van der Waals surface area contributed by atoms with E-state index in [4.69, 9.17) is 0 Å². The van der Waals surface area contributed by atoms with Gasteiger partial charge in [0.2, 0.25) is 0 Å². The molecule has 0 aliphatic heterocycles. The van der Waals surface area contributed by atoms with Gasteiger partial charge in [-0.2, -0.15) is 0 Å². The molecule has 0 unspecified atom stereocenters. The van der Waals surface area contributed by atoms with Crippen molar-refractivity contribution < 1.29 is 18.3 Å². The van der Waals surface area contributed by atoms with E-state index in [1.54, 1.807) is 0 Å². The molecule has 10 heavy (non-hydrogen) atoms. The first kappa shape index (κ1) is 9.77. The van der Waals surface area contributed by atoms with Gasteiger partial charge in [0.15, 0.2) is 0 Å². The van der Waals surface area contributed by atoms with Gasteiger partial charge in [-0.3, -0.25) is 0 Å². The van der Waals surface area contributed by atoms with Gasteiger partial charge in [-0.05, 0) is 0 Å². The van der Waals surface area contributed by atoms with Crippen molar-refractivity contribution in [3.63, 3.8) is 0 Å². The molecule has 0 bridgehead atoms. The van der Waals surface area contributed by atoms with Crippen LogP contribution in [0.3, 0.4) is 0 Å². The van der Waals surface area contributed by atoms with Gasteiger partial charge in [-0.25, -0.2) is 0 Å². The van der Waals surface area contributed by atoms with Crippen LogP contribution >= 0.6 is 0 Å². The van der Waals surface area contributed by atoms with Gasteiger partial charge >= 0.3 is 64.8 Å². The monoisotopic (exact) mass is 220 g/mol. The van der Waals surface area contributed by atoms with E-state index in [9.17, 15) is 0 Å². The molecule has 1 heterocycles. The van der Waals surface area contributed by atoms with Crippen molar-refractivity contribution in [3.05, 3.63) is 37.5 Å². The molecule has 0 aliphatic carbocycles. The third-order valence-corrected chi connectivity index (χ3v) is 1.51. The van der Waals surface area contributed by atoms with Crippen LogP contribution in [0.5, 0.6) is 0 Å². The van der Waals surface area contributed by atoms with Crippen molar-refractivity contribution in [2.45, 2.75) is 11.4 Å². The molecule has 0 saturated heterocycles. The van der Waals surface area contributed by atoms with Crippen molar-refractivity contribution in [2.75, 3.05) is 0 Å². The average Bonchev–Trinajstić information content (AvgIpc) is 1.91. The molecule has 0 N–H and O–H groups in total. The number of hydrogen-bond donors (Lipinski definition) is 0. The van der Waals surface area contributed by atoms with Gasteiger partial charge in [0.1, 0.15) is 0 Å². The van der Waals surface area contributed by atoms with Crippen molar-refractivity contribution in [1.82, 2.24) is 4.98 Å². The fourth-order valence-corrected chi connectivity index (χ4v) is 1.08. The van der Waals surface area contributed by atoms with Crippen LogP contribution in [0.15, 0.2) is 24.4 Å². The van der Waals surface area contributed by atoms with Gasteiger partial charge in [-0.15, -0.1) is 0 Å². The number of nitrogens with zero attached hydrogens (tertiary/aromatic N) is 1. The van der Waals surface area contributed by atoms with E-state index in [1.165, 1.54) is 5.69 Å². The molecule has 4 radical (unpaired) electrons. The summed E-state index contributed by atoms with van der Waals surface area (Å²) in [5.41, 5.74) is 1.18. The Morgan fingerprint density at radius 2 is 2.20 bits per heavy atom. The summed E-state index contributed by atoms with van der Waals surface area (Å²) in [6.07, 6.45) is 2.90. The Bertz CT molecular complexity index is 162. The van der Waals surface area contributed by atoms with E-state index < -0.39 is 0 Å². The predicted octanol–water partition coefficient (Wildman–Crippen LogP) is 1.67. The Labute approximate surface area is 72.6 Å². The van der Waals surface area contributed by atoms with Crippen molar-refractivity contribution in [2.24, 2.45) is 0 Å². The van der Waals surface area contributed by atoms with Crippen LogP contribution < -0.4 is 0 Å². The van der Waals surface area contributed by atoms with E-state index in [-0.39, 0.29) is 7.43 Å². The summed E-state index contributed by atoms with van der Waals surface area (Å²) < 4.78 is 0. The van der Waals surface area contributed by atoms with E-state index in [1.807, 2.05) is 24.4 Å². The standard InChI is InChI=1S/C7H8N.C.Ru/c1-2-7-5-3-4-6-8-7;;/h3-6H,1-2H2;;. The summed E-state index contributed by atoms with van der Waals surface area (Å²) in [6.45, 7) is 0. The predicted molar refractivity (Wildman–Crippen MR) is 36.0 cm³/mol. The van der Waals surface area contributed by atoms with Crippen LogP contribution in [0, 0.1) is 7.43 Å². The number of hydrogen-bond acceptors (Lipinski definition) is 1. The number of aryl methyl sites for hydroxylation is 1. The van der Waals surface area contributed by atoms with Gasteiger partial charge in [0, 0.05) is 7.43 Å². The first-order valence-corrected chi connectivity index (χ1v) is 4.10. The second-order valence-corrected chi connectivity index (χ2v) is 2.62. The fraction of sp³-hybridized carbons (Fsp3) is 0.250. The normalized spacial score (nSPS) is 8.50. The molecule has 1 aromatic heterocycles. The topological polar surface area (TPSA) is 12.9 Å². The molecule has 1 rings (SSSR count). The number of pyridine rings is 1. The summed E-state index contributed by atoms with van der Waals surface area (Å²) in [5, 5.41) is 1.11. The van der Waals surface area contributed by atoms with E-state index in [2.05, 4.69) is 23.3 Å². The fourth-order valence-electron chi connectivity index (χ4n) is 0.637. The van der Waals surface area contributed by atoms with Crippen LogP contribution in [-0.2, 0) is 24.7 Å². The Morgan fingerprint density at radius 3 is 2.70 bits per heavy atom. The van der Waals surface area contributed by atoms with E-state index in [0.29, 0.717) is 0 Å². The van der Waals surface area contributed by atoms with Gasteiger partial charge in [0.25, 0.3) is 0 Å². The molecule has 1 nitrogen and oxygen atoms in total. The number of rotatable bonds is 2. The van der Waals surface area contributed by atoms with Gasteiger partial charge in [0.05, 0.1) is 0 Å². The Morgan fingerprint density at radius 1 is 1.40 bits per heavy atom. The molecular weight excluding hydrogens is 211 g/mol. The maximum atomic E-state index is 4.16. The van der Waals surface area contributed by atoms with E-state index in [0.717, 1.165) is 11.4 Å². The molecule has 0 atom stereocenters. The molecule has 0 saturated carbocycles. The molecule has 0 spiro atoms. The Hall–Kier alpha value is -0.227. The Balaban J connectivity index is 0.000000810. The minimum atomic E-state index is 0. The third kappa shape index (κ3) is 3.07. The maximum absolute atomic E-state index is 4.16. The Kier molecular flexibility index (Phi) is 5.42. The molecule has 0 aromatic carbocycles. The van der Waals surface area contributed by atoms with E-state index >= 15 is 0 Å². The molecule has 53 valence electrons. The third-order valence-electron chi connectivity index (χ3n) is 1.07. The van der Waals surface area contributed by atoms with Crippen molar-refractivity contribution in [3.8, 4) is 0 Å².